The van der Waals surface area contributed by atoms with E-state index < -0.39 is 22.2 Å². The van der Waals surface area contributed by atoms with E-state index in [2.05, 4.69) is 4.72 Å². The summed E-state index contributed by atoms with van der Waals surface area (Å²) in [4.78, 5) is 0. The van der Waals surface area contributed by atoms with Gasteiger partial charge in [-0.1, -0.05) is 12.1 Å². The summed E-state index contributed by atoms with van der Waals surface area (Å²) >= 11 is 0. The SMILES string of the molecule is CC(O)C(N)CNS(=O)(=O)Cc1ccc(C#N)cc1. The van der Waals surface area contributed by atoms with Crippen LogP contribution in [-0.2, 0) is 15.8 Å². The van der Waals surface area contributed by atoms with Crippen LogP contribution in [0.2, 0.25) is 0 Å². The molecule has 0 amide bonds. The van der Waals surface area contributed by atoms with Crippen molar-refractivity contribution in [3.05, 3.63) is 35.4 Å². The fourth-order valence-corrected chi connectivity index (χ4v) is 2.52. The van der Waals surface area contributed by atoms with E-state index in [9.17, 15) is 13.5 Å². The standard InChI is InChI=1S/C12H17N3O3S/c1-9(16)12(14)7-15-19(17,18)8-11-4-2-10(6-13)3-5-11/h2-5,9,12,15-16H,7-8,14H2,1H3. The van der Waals surface area contributed by atoms with Crippen molar-refractivity contribution in [2.75, 3.05) is 6.54 Å². The van der Waals surface area contributed by atoms with Crippen molar-refractivity contribution in [2.45, 2.75) is 24.8 Å². The van der Waals surface area contributed by atoms with Gasteiger partial charge in [0.05, 0.1) is 23.5 Å². The Morgan fingerprint density at radius 1 is 1.42 bits per heavy atom. The number of rotatable bonds is 6. The number of hydrogen-bond donors (Lipinski definition) is 3. The first-order chi connectivity index (χ1) is 8.84. The highest BCUT2D eigenvalue weighted by atomic mass is 32.2. The molecule has 0 aromatic heterocycles. The zero-order valence-electron chi connectivity index (χ0n) is 10.6. The van der Waals surface area contributed by atoms with Crippen LogP contribution in [0.1, 0.15) is 18.1 Å². The van der Waals surface area contributed by atoms with Gasteiger partial charge in [-0.3, -0.25) is 0 Å². The molecule has 0 spiro atoms. The highest BCUT2D eigenvalue weighted by Crippen LogP contribution is 2.07. The van der Waals surface area contributed by atoms with Gasteiger partial charge in [-0.15, -0.1) is 0 Å². The Morgan fingerprint density at radius 3 is 2.47 bits per heavy atom. The molecule has 4 N–H and O–H groups in total. The summed E-state index contributed by atoms with van der Waals surface area (Å²) in [6, 6.07) is 7.62. The fraction of sp³-hybridized carbons (Fsp3) is 0.417. The molecule has 0 saturated carbocycles. The quantitative estimate of drug-likeness (QED) is 0.662. The number of nitrogens with one attached hydrogen (secondary N) is 1. The first-order valence-electron chi connectivity index (χ1n) is 5.74. The van der Waals surface area contributed by atoms with Crippen LogP contribution in [0, 0.1) is 11.3 Å². The third-order valence-electron chi connectivity index (χ3n) is 2.60. The number of nitriles is 1. The van der Waals surface area contributed by atoms with Gasteiger partial charge >= 0.3 is 0 Å². The van der Waals surface area contributed by atoms with Crippen molar-refractivity contribution in [1.29, 1.82) is 5.26 Å². The van der Waals surface area contributed by atoms with E-state index >= 15 is 0 Å². The van der Waals surface area contributed by atoms with Gasteiger partial charge in [-0.05, 0) is 24.6 Å². The van der Waals surface area contributed by atoms with Crippen molar-refractivity contribution in [2.24, 2.45) is 5.73 Å². The minimum Gasteiger partial charge on any atom is -0.392 e. The van der Waals surface area contributed by atoms with Gasteiger partial charge in [0.1, 0.15) is 0 Å². The Labute approximate surface area is 112 Å². The van der Waals surface area contributed by atoms with Gasteiger partial charge in [0.2, 0.25) is 10.0 Å². The molecule has 0 heterocycles. The lowest BCUT2D eigenvalue weighted by molar-refractivity contribution is 0.164. The second kappa shape index (κ2) is 6.63. The van der Waals surface area contributed by atoms with Crippen LogP contribution in [0.3, 0.4) is 0 Å². The maximum absolute atomic E-state index is 11.8. The van der Waals surface area contributed by atoms with Crippen LogP contribution in [0.5, 0.6) is 0 Å². The topological polar surface area (TPSA) is 116 Å². The van der Waals surface area contributed by atoms with E-state index in [0.717, 1.165) is 0 Å². The Bertz CT molecular complexity index is 547. The summed E-state index contributed by atoms with van der Waals surface area (Å²) in [6.45, 7) is 1.48. The first kappa shape index (κ1) is 15.6. The third-order valence-corrected chi connectivity index (χ3v) is 3.92. The molecule has 0 aliphatic carbocycles. The third kappa shape index (κ3) is 5.36. The molecule has 0 saturated heterocycles. The Morgan fingerprint density at radius 2 is 2.00 bits per heavy atom. The van der Waals surface area contributed by atoms with Crippen LogP contribution in [0.4, 0.5) is 0 Å². The summed E-state index contributed by atoms with van der Waals surface area (Å²) in [5.74, 6) is -0.189. The second-order valence-electron chi connectivity index (χ2n) is 4.32. The number of aliphatic hydroxyl groups excluding tert-OH is 1. The summed E-state index contributed by atoms with van der Waals surface area (Å²) in [5, 5.41) is 17.8. The highest BCUT2D eigenvalue weighted by Gasteiger charge is 2.15. The van der Waals surface area contributed by atoms with E-state index in [1.807, 2.05) is 6.07 Å². The van der Waals surface area contributed by atoms with E-state index in [1.54, 1.807) is 24.3 Å². The van der Waals surface area contributed by atoms with Gasteiger partial charge in [0.15, 0.2) is 0 Å². The number of nitrogens with two attached hydrogens (primary N) is 1. The lowest BCUT2D eigenvalue weighted by Gasteiger charge is -2.15. The molecule has 7 heteroatoms. The number of sulfonamides is 1. The predicted molar refractivity (Wildman–Crippen MR) is 71.4 cm³/mol. The summed E-state index contributed by atoms with van der Waals surface area (Å²) in [5.41, 5.74) is 6.60. The van der Waals surface area contributed by atoms with Crippen molar-refractivity contribution >= 4 is 10.0 Å². The molecule has 0 aliphatic heterocycles. The smallest absolute Gasteiger partial charge is 0.215 e. The average Bonchev–Trinajstić information content (AvgIpc) is 2.36. The van der Waals surface area contributed by atoms with Gasteiger partial charge in [-0.2, -0.15) is 5.26 Å². The number of benzene rings is 1. The fourth-order valence-electron chi connectivity index (χ4n) is 1.34. The normalized spacial score (nSPS) is 14.6. The summed E-state index contributed by atoms with van der Waals surface area (Å²) in [6.07, 6.45) is -0.780. The van der Waals surface area contributed by atoms with Crippen molar-refractivity contribution < 1.29 is 13.5 Å². The molecule has 0 bridgehead atoms. The maximum Gasteiger partial charge on any atom is 0.215 e. The minimum absolute atomic E-state index is 0.0176. The first-order valence-corrected chi connectivity index (χ1v) is 7.39. The molecule has 6 nitrogen and oxygen atoms in total. The van der Waals surface area contributed by atoms with E-state index in [0.29, 0.717) is 11.1 Å². The minimum atomic E-state index is -3.51. The molecule has 1 aromatic rings. The van der Waals surface area contributed by atoms with Crippen LogP contribution in [-0.4, -0.2) is 32.2 Å². The van der Waals surface area contributed by atoms with Crippen LogP contribution in [0.25, 0.3) is 0 Å². The molecule has 19 heavy (non-hydrogen) atoms. The number of nitrogens with zero attached hydrogens (tertiary/aromatic N) is 1. The zero-order valence-corrected chi connectivity index (χ0v) is 11.4. The van der Waals surface area contributed by atoms with E-state index in [4.69, 9.17) is 11.0 Å². The van der Waals surface area contributed by atoms with Gasteiger partial charge in [0.25, 0.3) is 0 Å². The Kier molecular flexibility index (Phi) is 5.44. The largest absolute Gasteiger partial charge is 0.392 e. The van der Waals surface area contributed by atoms with Gasteiger partial charge < -0.3 is 10.8 Å². The Balaban J connectivity index is 2.61. The molecule has 0 aliphatic rings. The van der Waals surface area contributed by atoms with Crippen molar-refractivity contribution in [3.63, 3.8) is 0 Å². The van der Waals surface area contributed by atoms with E-state index in [1.165, 1.54) is 6.92 Å². The highest BCUT2D eigenvalue weighted by molar-refractivity contribution is 7.88. The van der Waals surface area contributed by atoms with Crippen LogP contribution >= 0.6 is 0 Å². The average molecular weight is 283 g/mol. The monoisotopic (exact) mass is 283 g/mol. The van der Waals surface area contributed by atoms with Crippen LogP contribution < -0.4 is 10.5 Å². The summed E-state index contributed by atoms with van der Waals surface area (Å²) in [7, 11) is -3.51. The van der Waals surface area contributed by atoms with E-state index in [-0.39, 0.29) is 12.3 Å². The second-order valence-corrected chi connectivity index (χ2v) is 6.13. The molecule has 104 valence electrons. The molecular formula is C12H17N3O3S. The lowest BCUT2D eigenvalue weighted by atomic mass is 10.2. The molecule has 0 fully saturated rings. The molecule has 1 rings (SSSR count). The Hall–Kier alpha value is -1.46. The zero-order chi connectivity index (χ0) is 14.5. The molecule has 2 unspecified atom stereocenters. The lowest BCUT2D eigenvalue weighted by Crippen LogP contribution is -2.43. The van der Waals surface area contributed by atoms with Crippen LogP contribution in [0.15, 0.2) is 24.3 Å². The molecule has 0 radical (unpaired) electrons. The number of aliphatic hydroxyl groups is 1. The van der Waals surface area contributed by atoms with Crippen molar-refractivity contribution in [1.82, 2.24) is 4.72 Å². The molecule has 1 aromatic carbocycles. The van der Waals surface area contributed by atoms with Crippen molar-refractivity contribution in [3.8, 4) is 6.07 Å². The maximum atomic E-state index is 11.8. The predicted octanol–water partition coefficient (Wildman–Crippen LogP) is -0.314. The summed E-state index contributed by atoms with van der Waals surface area (Å²) < 4.78 is 25.9. The van der Waals surface area contributed by atoms with Gasteiger partial charge in [0, 0.05) is 12.6 Å². The molecule has 2 atom stereocenters. The molecular weight excluding hydrogens is 266 g/mol. The number of hydrogen-bond acceptors (Lipinski definition) is 5. The van der Waals surface area contributed by atoms with Gasteiger partial charge in [-0.25, -0.2) is 13.1 Å².